The highest BCUT2D eigenvalue weighted by atomic mass is 16.4. The first-order chi connectivity index (χ1) is 12.7. The van der Waals surface area contributed by atoms with Crippen LogP contribution in [0, 0.1) is 17.2 Å². The molecular weight excluding hydrogens is 324 g/mol. The molecule has 1 saturated heterocycles. The van der Waals surface area contributed by atoms with Crippen molar-refractivity contribution in [3.8, 4) is 17.4 Å². The van der Waals surface area contributed by atoms with Gasteiger partial charge in [0.05, 0.1) is 5.69 Å². The second-order valence-electron chi connectivity index (χ2n) is 7.00. The van der Waals surface area contributed by atoms with E-state index in [9.17, 15) is 10.1 Å². The zero-order chi connectivity index (χ0) is 18.1. The number of anilines is 1. The molecule has 4 heteroatoms. The molecule has 1 aliphatic rings. The van der Waals surface area contributed by atoms with Gasteiger partial charge in [-0.25, -0.2) is 4.79 Å². The van der Waals surface area contributed by atoms with E-state index in [4.69, 9.17) is 4.42 Å². The molecule has 0 bridgehead atoms. The van der Waals surface area contributed by atoms with Gasteiger partial charge in [-0.1, -0.05) is 43.3 Å². The molecule has 1 aliphatic heterocycles. The van der Waals surface area contributed by atoms with Crippen molar-refractivity contribution in [2.45, 2.75) is 19.8 Å². The van der Waals surface area contributed by atoms with Crippen molar-refractivity contribution >= 4 is 16.5 Å². The first-order valence-electron chi connectivity index (χ1n) is 8.98. The largest absolute Gasteiger partial charge is 0.422 e. The Balaban J connectivity index is 1.81. The Kier molecular flexibility index (Phi) is 4.22. The summed E-state index contributed by atoms with van der Waals surface area (Å²) < 4.78 is 5.48. The molecular formula is C22H20N2O2. The number of nitrogens with zero attached hydrogens (tertiary/aromatic N) is 2. The summed E-state index contributed by atoms with van der Waals surface area (Å²) in [6, 6.07) is 17.9. The lowest BCUT2D eigenvalue weighted by atomic mass is 9.98. The van der Waals surface area contributed by atoms with Gasteiger partial charge in [0, 0.05) is 24.7 Å². The number of benzene rings is 2. The second-order valence-corrected chi connectivity index (χ2v) is 7.00. The van der Waals surface area contributed by atoms with Crippen LogP contribution in [0.25, 0.3) is 22.1 Å². The molecule has 0 aliphatic carbocycles. The van der Waals surface area contributed by atoms with Crippen LogP contribution in [0.1, 0.15) is 25.3 Å². The van der Waals surface area contributed by atoms with Crippen molar-refractivity contribution in [2.75, 3.05) is 18.0 Å². The number of rotatable bonds is 2. The Morgan fingerprint density at radius 2 is 1.81 bits per heavy atom. The molecule has 2 heterocycles. The molecule has 0 spiro atoms. The van der Waals surface area contributed by atoms with E-state index < -0.39 is 5.63 Å². The van der Waals surface area contributed by atoms with Gasteiger partial charge in [-0.2, -0.15) is 5.26 Å². The Labute approximate surface area is 152 Å². The first kappa shape index (κ1) is 16.4. The Hall–Kier alpha value is -3.06. The average Bonchev–Trinajstić information content (AvgIpc) is 2.67. The molecule has 1 fully saturated rings. The van der Waals surface area contributed by atoms with Crippen molar-refractivity contribution < 1.29 is 4.42 Å². The van der Waals surface area contributed by atoms with Crippen LogP contribution >= 0.6 is 0 Å². The number of fused-ring (bicyclic) bond motifs is 1. The highest BCUT2D eigenvalue weighted by Crippen LogP contribution is 2.30. The van der Waals surface area contributed by atoms with Crippen LogP contribution in [0.15, 0.2) is 57.7 Å². The van der Waals surface area contributed by atoms with Gasteiger partial charge in [0.25, 0.3) is 0 Å². The zero-order valence-corrected chi connectivity index (χ0v) is 14.7. The van der Waals surface area contributed by atoms with Crippen molar-refractivity contribution in [3.63, 3.8) is 0 Å². The van der Waals surface area contributed by atoms with E-state index in [1.807, 2.05) is 54.6 Å². The number of nitriles is 1. The normalized spacial score (nSPS) is 15.2. The molecule has 0 N–H and O–H groups in total. The van der Waals surface area contributed by atoms with Crippen LogP contribution in [0.2, 0.25) is 0 Å². The third kappa shape index (κ3) is 2.97. The standard InChI is InChI=1S/C22H20N2O2/c1-15-8-10-24(11-9-15)20-13-21(26-22(25)19(20)14-23)18-7-6-16-4-2-3-5-17(16)12-18/h2-7,12-13,15H,8-11H2,1H3. The Morgan fingerprint density at radius 3 is 2.54 bits per heavy atom. The second kappa shape index (κ2) is 6.68. The van der Waals surface area contributed by atoms with Gasteiger partial charge in [-0.05, 0) is 35.6 Å². The Bertz CT molecular complexity index is 1050. The van der Waals surface area contributed by atoms with E-state index in [0.717, 1.165) is 42.3 Å². The van der Waals surface area contributed by atoms with E-state index in [-0.39, 0.29) is 5.56 Å². The maximum absolute atomic E-state index is 12.4. The van der Waals surface area contributed by atoms with Gasteiger partial charge in [0.1, 0.15) is 11.8 Å². The Morgan fingerprint density at radius 1 is 1.08 bits per heavy atom. The maximum atomic E-state index is 12.4. The number of hydrogen-bond donors (Lipinski definition) is 0. The molecule has 4 rings (SSSR count). The highest BCUT2D eigenvalue weighted by Gasteiger charge is 2.22. The summed E-state index contributed by atoms with van der Waals surface area (Å²) in [5.74, 6) is 1.19. The zero-order valence-electron chi connectivity index (χ0n) is 14.7. The third-order valence-electron chi connectivity index (χ3n) is 5.20. The van der Waals surface area contributed by atoms with Crippen LogP contribution in [-0.4, -0.2) is 13.1 Å². The minimum absolute atomic E-state index is 0.101. The van der Waals surface area contributed by atoms with Crippen molar-refractivity contribution in [1.82, 2.24) is 0 Å². The summed E-state index contributed by atoms with van der Waals surface area (Å²) in [5, 5.41) is 11.7. The average molecular weight is 344 g/mol. The van der Waals surface area contributed by atoms with Gasteiger partial charge in [-0.15, -0.1) is 0 Å². The van der Waals surface area contributed by atoms with E-state index in [1.165, 1.54) is 0 Å². The molecule has 0 unspecified atom stereocenters. The summed E-state index contributed by atoms with van der Waals surface area (Å²) in [6.07, 6.45) is 2.13. The predicted octanol–water partition coefficient (Wildman–Crippen LogP) is 4.57. The lowest BCUT2D eigenvalue weighted by Gasteiger charge is -2.32. The lowest BCUT2D eigenvalue weighted by molar-refractivity contribution is 0.436. The molecule has 130 valence electrons. The van der Waals surface area contributed by atoms with E-state index in [2.05, 4.69) is 11.8 Å². The van der Waals surface area contributed by atoms with E-state index >= 15 is 0 Å². The van der Waals surface area contributed by atoms with Crippen LogP contribution < -0.4 is 10.5 Å². The minimum atomic E-state index is -0.563. The van der Waals surface area contributed by atoms with Gasteiger partial charge < -0.3 is 9.32 Å². The quantitative estimate of drug-likeness (QED) is 0.683. The van der Waals surface area contributed by atoms with Crippen molar-refractivity contribution in [2.24, 2.45) is 5.92 Å². The fourth-order valence-electron chi connectivity index (χ4n) is 3.57. The fourth-order valence-corrected chi connectivity index (χ4v) is 3.57. The maximum Gasteiger partial charge on any atom is 0.356 e. The molecule has 0 radical (unpaired) electrons. The summed E-state index contributed by atoms with van der Waals surface area (Å²) >= 11 is 0. The third-order valence-corrected chi connectivity index (χ3v) is 5.20. The summed E-state index contributed by atoms with van der Waals surface area (Å²) in [6.45, 7) is 3.95. The van der Waals surface area contributed by atoms with Gasteiger partial charge in [0.15, 0.2) is 5.56 Å². The first-order valence-corrected chi connectivity index (χ1v) is 8.98. The van der Waals surface area contributed by atoms with Gasteiger partial charge >= 0.3 is 5.63 Å². The van der Waals surface area contributed by atoms with Crippen molar-refractivity contribution in [1.29, 1.82) is 5.26 Å². The van der Waals surface area contributed by atoms with Crippen LogP contribution in [0.3, 0.4) is 0 Å². The van der Waals surface area contributed by atoms with E-state index in [0.29, 0.717) is 17.4 Å². The van der Waals surface area contributed by atoms with Crippen LogP contribution in [0.5, 0.6) is 0 Å². The highest BCUT2D eigenvalue weighted by molar-refractivity contribution is 5.87. The number of hydrogen-bond acceptors (Lipinski definition) is 4. The van der Waals surface area contributed by atoms with Gasteiger partial charge in [0.2, 0.25) is 0 Å². The number of piperidine rings is 1. The molecule has 4 nitrogen and oxygen atoms in total. The molecule has 2 aromatic carbocycles. The monoisotopic (exact) mass is 344 g/mol. The molecule has 1 aromatic heterocycles. The molecule has 0 atom stereocenters. The fraction of sp³-hybridized carbons (Fsp3) is 0.273. The topological polar surface area (TPSA) is 57.2 Å². The lowest BCUT2D eigenvalue weighted by Crippen LogP contribution is -2.34. The summed E-state index contributed by atoms with van der Waals surface area (Å²) in [4.78, 5) is 14.6. The SMILES string of the molecule is CC1CCN(c2cc(-c3ccc4ccccc4c3)oc(=O)c2C#N)CC1. The van der Waals surface area contributed by atoms with Crippen LogP contribution in [0.4, 0.5) is 5.69 Å². The van der Waals surface area contributed by atoms with Crippen LogP contribution in [-0.2, 0) is 0 Å². The smallest absolute Gasteiger partial charge is 0.356 e. The molecule has 0 saturated carbocycles. The van der Waals surface area contributed by atoms with Gasteiger partial charge in [-0.3, -0.25) is 0 Å². The summed E-state index contributed by atoms with van der Waals surface area (Å²) in [5.41, 5.74) is 1.08. The predicted molar refractivity (Wildman–Crippen MR) is 103 cm³/mol. The van der Waals surface area contributed by atoms with E-state index in [1.54, 1.807) is 0 Å². The molecule has 3 aromatic rings. The molecule has 0 amide bonds. The molecule has 26 heavy (non-hydrogen) atoms. The minimum Gasteiger partial charge on any atom is -0.422 e. The summed E-state index contributed by atoms with van der Waals surface area (Å²) in [7, 11) is 0. The van der Waals surface area contributed by atoms with Crippen molar-refractivity contribution in [3.05, 3.63) is 64.5 Å².